The van der Waals surface area contributed by atoms with E-state index in [4.69, 9.17) is 16.6 Å². The lowest BCUT2D eigenvalue weighted by Crippen LogP contribution is -2.32. The minimum Gasteiger partial charge on any atom is -0.309 e. The summed E-state index contributed by atoms with van der Waals surface area (Å²) in [5.74, 6) is 1.74. The van der Waals surface area contributed by atoms with E-state index in [-0.39, 0.29) is 0 Å². The number of hydrogen-bond donors (Lipinski definition) is 0. The fourth-order valence-corrected chi connectivity index (χ4v) is 4.05. The zero-order chi connectivity index (χ0) is 15.2. The number of aryl methyl sites for hydroxylation is 3. The van der Waals surface area contributed by atoms with Crippen LogP contribution in [0.15, 0.2) is 0 Å². The monoisotopic (exact) mass is 308 g/mol. The first kappa shape index (κ1) is 14.9. The first-order chi connectivity index (χ1) is 9.95. The van der Waals surface area contributed by atoms with Gasteiger partial charge >= 0.3 is 0 Å². The molecule has 2 aromatic rings. The maximum atomic E-state index is 6.02. The summed E-state index contributed by atoms with van der Waals surface area (Å²) in [4.78, 5) is 4.86. The van der Waals surface area contributed by atoms with Crippen LogP contribution in [0.5, 0.6) is 0 Å². The summed E-state index contributed by atoms with van der Waals surface area (Å²) in [5.41, 5.74) is 3.51. The Hall–Kier alpha value is -1.03. The molecule has 0 amide bonds. The van der Waals surface area contributed by atoms with Crippen LogP contribution in [-0.2, 0) is 13.5 Å². The molecular weight excluding hydrogens is 284 g/mol. The molecule has 0 aromatic carbocycles. The SMILES string of the molecule is Cc1nn(C)c2c1nc(CCCl)n2C1CCCCC1(C)C. The van der Waals surface area contributed by atoms with Gasteiger partial charge in [0.25, 0.3) is 0 Å². The van der Waals surface area contributed by atoms with Gasteiger partial charge in [-0.15, -0.1) is 11.6 Å². The molecule has 1 saturated carbocycles. The van der Waals surface area contributed by atoms with Crippen molar-refractivity contribution < 1.29 is 0 Å². The standard InChI is InChI=1S/C16H25ClN4/c1-11-14-15(20(4)19-11)21(13(18-14)8-10-17)12-7-5-6-9-16(12,2)3/h12H,5-10H2,1-4H3. The predicted molar refractivity (Wildman–Crippen MR) is 86.9 cm³/mol. The molecule has 0 spiro atoms. The van der Waals surface area contributed by atoms with Crippen LogP contribution in [0.3, 0.4) is 0 Å². The Labute approximate surface area is 131 Å². The molecule has 1 fully saturated rings. The van der Waals surface area contributed by atoms with Crippen LogP contribution < -0.4 is 0 Å². The van der Waals surface area contributed by atoms with E-state index in [1.807, 2.05) is 18.7 Å². The zero-order valence-corrected chi connectivity index (χ0v) is 14.2. The van der Waals surface area contributed by atoms with Crippen molar-refractivity contribution in [2.24, 2.45) is 12.5 Å². The number of imidazole rings is 1. The number of rotatable bonds is 3. The molecule has 4 nitrogen and oxygen atoms in total. The fourth-order valence-electron chi connectivity index (χ4n) is 3.88. The molecule has 0 radical (unpaired) electrons. The third-order valence-corrected chi connectivity index (χ3v) is 5.18. The number of hydrogen-bond acceptors (Lipinski definition) is 2. The lowest BCUT2D eigenvalue weighted by molar-refractivity contribution is 0.144. The molecule has 3 rings (SSSR count). The molecule has 0 aliphatic heterocycles. The van der Waals surface area contributed by atoms with Crippen LogP contribution in [0.1, 0.15) is 57.1 Å². The highest BCUT2D eigenvalue weighted by molar-refractivity contribution is 6.17. The zero-order valence-electron chi connectivity index (χ0n) is 13.5. The van der Waals surface area contributed by atoms with Gasteiger partial charge in [0, 0.05) is 25.4 Å². The van der Waals surface area contributed by atoms with E-state index in [1.165, 1.54) is 25.7 Å². The van der Waals surface area contributed by atoms with E-state index in [9.17, 15) is 0 Å². The number of nitrogens with zero attached hydrogens (tertiary/aromatic N) is 4. The maximum Gasteiger partial charge on any atom is 0.158 e. The third-order valence-electron chi connectivity index (χ3n) is 4.99. The van der Waals surface area contributed by atoms with Crippen molar-refractivity contribution in [2.45, 2.75) is 58.9 Å². The van der Waals surface area contributed by atoms with Crippen LogP contribution in [0.4, 0.5) is 0 Å². The van der Waals surface area contributed by atoms with Gasteiger partial charge in [-0.25, -0.2) is 4.98 Å². The summed E-state index contributed by atoms with van der Waals surface area (Å²) in [7, 11) is 2.02. The number of aromatic nitrogens is 4. The lowest BCUT2D eigenvalue weighted by atomic mass is 9.73. The van der Waals surface area contributed by atoms with Gasteiger partial charge in [0.1, 0.15) is 11.3 Å². The maximum absolute atomic E-state index is 6.02. The summed E-state index contributed by atoms with van der Waals surface area (Å²) in [5, 5.41) is 4.56. The van der Waals surface area contributed by atoms with Gasteiger partial charge in [-0.1, -0.05) is 26.7 Å². The molecule has 116 valence electrons. The van der Waals surface area contributed by atoms with Gasteiger partial charge in [0.15, 0.2) is 5.65 Å². The van der Waals surface area contributed by atoms with E-state index in [1.54, 1.807) is 0 Å². The van der Waals surface area contributed by atoms with Gasteiger partial charge in [0.2, 0.25) is 0 Å². The highest BCUT2D eigenvalue weighted by atomic mass is 35.5. The molecule has 2 heterocycles. The Morgan fingerprint density at radius 2 is 2.10 bits per heavy atom. The van der Waals surface area contributed by atoms with Crippen molar-refractivity contribution in [1.82, 2.24) is 19.3 Å². The van der Waals surface area contributed by atoms with Crippen molar-refractivity contribution in [3.8, 4) is 0 Å². The first-order valence-corrected chi connectivity index (χ1v) is 8.45. The lowest BCUT2D eigenvalue weighted by Gasteiger charge is -2.40. The van der Waals surface area contributed by atoms with Gasteiger partial charge in [-0.3, -0.25) is 4.68 Å². The van der Waals surface area contributed by atoms with Crippen LogP contribution in [0, 0.1) is 12.3 Å². The van der Waals surface area contributed by atoms with Crippen molar-refractivity contribution in [2.75, 3.05) is 5.88 Å². The molecule has 0 N–H and O–H groups in total. The second kappa shape index (κ2) is 5.31. The Bertz CT molecular complexity index is 653. The Morgan fingerprint density at radius 1 is 1.33 bits per heavy atom. The average Bonchev–Trinajstić information content (AvgIpc) is 2.89. The van der Waals surface area contributed by atoms with E-state index in [2.05, 4.69) is 23.5 Å². The van der Waals surface area contributed by atoms with Gasteiger partial charge in [-0.05, 0) is 25.2 Å². The van der Waals surface area contributed by atoms with Crippen LogP contribution in [0.25, 0.3) is 11.2 Å². The van der Waals surface area contributed by atoms with Gasteiger partial charge in [-0.2, -0.15) is 5.10 Å². The van der Waals surface area contributed by atoms with E-state index >= 15 is 0 Å². The van der Waals surface area contributed by atoms with Crippen LogP contribution >= 0.6 is 11.6 Å². The van der Waals surface area contributed by atoms with Crippen molar-refractivity contribution >= 4 is 22.8 Å². The van der Waals surface area contributed by atoms with Gasteiger partial charge < -0.3 is 4.57 Å². The van der Waals surface area contributed by atoms with E-state index in [0.717, 1.165) is 29.1 Å². The number of alkyl halides is 1. The molecule has 1 unspecified atom stereocenters. The molecule has 1 aliphatic rings. The van der Waals surface area contributed by atoms with E-state index < -0.39 is 0 Å². The topological polar surface area (TPSA) is 35.6 Å². The molecule has 2 aromatic heterocycles. The highest BCUT2D eigenvalue weighted by Gasteiger charge is 2.36. The molecular formula is C16H25ClN4. The summed E-state index contributed by atoms with van der Waals surface area (Å²) in [6.45, 7) is 6.81. The second-order valence-electron chi connectivity index (χ2n) is 6.97. The van der Waals surface area contributed by atoms with Crippen molar-refractivity contribution in [3.63, 3.8) is 0 Å². The molecule has 0 bridgehead atoms. The Balaban J connectivity index is 2.21. The second-order valence-corrected chi connectivity index (χ2v) is 7.35. The summed E-state index contributed by atoms with van der Waals surface area (Å²) >= 11 is 6.02. The fraction of sp³-hybridized carbons (Fsp3) is 0.750. The summed E-state index contributed by atoms with van der Waals surface area (Å²) in [6.07, 6.45) is 5.94. The largest absolute Gasteiger partial charge is 0.309 e. The minimum atomic E-state index is 0.297. The van der Waals surface area contributed by atoms with E-state index in [0.29, 0.717) is 17.3 Å². The number of halogens is 1. The molecule has 21 heavy (non-hydrogen) atoms. The first-order valence-electron chi connectivity index (χ1n) is 7.92. The Morgan fingerprint density at radius 3 is 2.76 bits per heavy atom. The highest BCUT2D eigenvalue weighted by Crippen LogP contribution is 2.45. The van der Waals surface area contributed by atoms with Crippen LogP contribution in [0.2, 0.25) is 0 Å². The van der Waals surface area contributed by atoms with Gasteiger partial charge in [0.05, 0.1) is 5.69 Å². The summed E-state index contributed by atoms with van der Waals surface area (Å²) in [6, 6.07) is 0.490. The third kappa shape index (κ3) is 2.37. The smallest absolute Gasteiger partial charge is 0.158 e. The Kier molecular flexibility index (Phi) is 3.76. The molecule has 0 saturated heterocycles. The average molecular weight is 309 g/mol. The van der Waals surface area contributed by atoms with Crippen molar-refractivity contribution in [1.29, 1.82) is 0 Å². The molecule has 5 heteroatoms. The van der Waals surface area contributed by atoms with Crippen molar-refractivity contribution in [3.05, 3.63) is 11.5 Å². The summed E-state index contributed by atoms with van der Waals surface area (Å²) < 4.78 is 4.43. The molecule has 1 atom stereocenters. The normalized spacial score (nSPS) is 22.0. The predicted octanol–water partition coefficient (Wildman–Crippen LogP) is 4.00. The quantitative estimate of drug-likeness (QED) is 0.803. The minimum absolute atomic E-state index is 0.297. The number of fused-ring (bicyclic) bond motifs is 1. The molecule has 1 aliphatic carbocycles. The van der Waals surface area contributed by atoms with Crippen LogP contribution in [-0.4, -0.2) is 25.2 Å².